The second-order valence-electron chi connectivity index (χ2n) is 4.92. The van der Waals surface area contributed by atoms with E-state index in [0.717, 1.165) is 5.56 Å². The van der Waals surface area contributed by atoms with Crippen LogP contribution in [0.1, 0.15) is 44.7 Å². The zero-order valence-corrected chi connectivity index (χ0v) is 11.9. The van der Waals surface area contributed by atoms with Gasteiger partial charge in [-0.1, -0.05) is 19.9 Å². The van der Waals surface area contributed by atoms with E-state index in [-0.39, 0.29) is 0 Å². The maximum Gasteiger partial charge on any atom is 0.235 e. The molecule has 1 N–H and O–H groups in total. The van der Waals surface area contributed by atoms with Gasteiger partial charge >= 0.3 is 0 Å². The molecular weight excluding hydrogens is 234 g/mol. The molecule has 0 amide bonds. The van der Waals surface area contributed by atoms with Crippen LogP contribution in [0.2, 0.25) is 0 Å². The minimum Gasteiger partial charge on any atom is -0.283 e. The van der Waals surface area contributed by atoms with Gasteiger partial charge in [-0.3, -0.25) is 4.72 Å². The number of nitrogens with one attached hydrogen (secondary N) is 1. The molecule has 0 aliphatic heterocycles. The normalized spacial score (nSPS) is 12.2. The van der Waals surface area contributed by atoms with E-state index in [0.29, 0.717) is 11.6 Å². The summed E-state index contributed by atoms with van der Waals surface area (Å²) < 4.78 is 26.0. The van der Waals surface area contributed by atoms with Crippen LogP contribution < -0.4 is 4.72 Å². The number of anilines is 1. The van der Waals surface area contributed by atoms with E-state index in [1.165, 1.54) is 5.56 Å². The molecule has 0 saturated carbocycles. The lowest BCUT2D eigenvalue weighted by Gasteiger charge is -2.14. The first kappa shape index (κ1) is 14.0. The largest absolute Gasteiger partial charge is 0.283 e. The Morgan fingerprint density at radius 1 is 1.12 bits per heavy atom. The third kappa shape index (κ3) is 3.46. The van der Waals surface area contributed by atoms with Crippen molar-refractivity contribution >= 4 is 15.7 Å². The summed E-state index contributed by atoms with van der Waals surface area (Å²) in [6.07, 6.45) is 0. The highest BCUT2D eigenvalue weighted by Gasteiger charge is 2.15. The Bertz CT molecular complexity index is 490. The zero-order chi connectivity index (χ0) is 13.2. The van der Waals surface area contributed by atoms with Gasteiger partial charge in [0.25, 0.3) is 0 Å². The fraction of sp³-hybridized carbons (Fsp3) is 0.538. The number of benzene rings is 1. The molecule has 0 fully saturated rings. The van der Waals surface area contributed by atoms with Gasteiger partial charge in [0.2, 0.25) is 10.0 Å². The first-order chi connectivity index (χ1) is 7.74. The lowest BCUT2D eigenvalue weighted by Crippen LogP contribution is -2.22. The third-order valence-electron chi connectivity index (χ3n) is 2.77. The summed E-state index contributed by atoms with van der Waals surface area (Å²) in [5.41, 5.74) is 3.00. The van der Waals surface area contributed by atoms with E-state index in [2.05, 4.69) is 18.6 Å². The topological polar surface area (TPSA) is 46.2 Å². The molecular formula is C13H21NO2S. The van der Waals surface area contributed by atoms with Crippen LogP contribution in [-0.2, 0) is 10.0 Å². The Balaban J connectivity index is 3.00. The molecule has 0 spiro atoms. The van der Waals surface area contributed by atoms with Gasteiger partial charge in [0, 0.05) is 5.69 Å². The van der Waals surface area contributed by atoms with Gasteiger partial charge in [0.05, 0.1) is 5.25 Å². The average Bonchev–Trinajstić information content (AvgIpc) is 2.15. The summed E-state index contributed by atoms with van der Waals surface area (Å²) in [4.78, 5) is 0. The zero-order valence-electron chi connectivity index (χ0n) is 11.1. The number of aryl methyl sites for hydroxylation is 1. The third-order valence-corrected chi connectivity index (χ3v) is 4.53. The van der Waals surface area contributed by atoms with Crippen molar-refractivity contribution in [2.24, 2.45) is 0 Å². The molecule has 4 heteroatoms. The van der Waals surface area contributed by atoms with Gasteiger partial charge < -0.3 is 0 Å². The first-order valence-corrected chi connectivity index (χ1v) is 7.41. The predicted molar refractivity (Wildman–Crippen MR) is 72.9 cm³/mol. The smallest absolute Gasteiger partial charge is 0.235 e. The lowest BCUT2D eigenvalue weighted by molar-refractivity contribution is 0.593. The van der Waals surface area contributed by atoms with Gasteiger partial charge in [-0.25, -0.2) is 8.42 Å². The van der Waals surface area contributed by atoms with E-state index in [9.17, 15) is 8.42 Å². The molecule has 17 heavy (non-hydrogen) atoms. The molecule has 0 aliphatic carbocycles. The van der Waals surface area contributed by atoms with Crippen LogP contribution in [0.5, 0.6) is 0 Å². The Hall–Kier alpha value is -1.03. The molecule has 0 aromatic heterocycles. The highest BCUT2D eigenvalue weighted by molar-refractivity contribution is 7.93. The molecule has 0 bridgehead atoms. The Kier molecular flexibility index (Phi) is 4.20. The Labute approximate surface area is 104 Å². The van der Waals surface area contributed by atoms with Crippen LogP contribution in [-0.4, -0.2) is 13.7 Å². The number of sulfonamides is 1. The number of rotatable bonds is 4. The number of hydrogen-bond acceptors (Lipinski definition) is 2. The van der Waals surface area contributed by atoms with Gasteiger partial charge in [0.1, 0.15) is 0 Å². The Morgan fingerprint density at radius 3 is 2.12 bits per heavy atom. The van der Waals surface area contributed by atoms with Crippen molar-refractivity contribution in [3.05, 3.63) is 29.3 Å². The van der Waals surface area contributed by atoms with E-state index in [1.807, 2.05) is 25.1 Å². The molecule has 0 saturated heterocycles. The molecule has 96 valence electrons. The summed E-state index contributed by atoms with van der Waals surface area (Å²) in [6.45, 7) is 9.58. The summed E-state index contributed by atoms with van der Waals surface area (Å²) in [5, 5.41) is -0.424. The molecule has 1 aromatic rings. The summed E-state index contributed by atoms with van der Waals surface area (Å²) in [6, 6.07) is 5.69. The van der Waals surface area contributed by atoms with Crippen LogP contribution in [0.4, 0.5) is 5.69 Å². The van der Waals surface area contributed by atoms with Gasteiger partial charge in [-0.2, -0.15) is 0 Å². The van der Waals surface area contributed by atoms with Crippen molar-refractivity contribution < 1.29 is 8.42 Å². The van der Waals surface area contributed by atoms with Gasteiger partial charge in [-0.15, -0.1) is 0 Å². The van der Waals surface area contributed by atoms with Crippen molar-refractivity contribution in [2.45, 2.75) is 45.8 Å². The molecule has 0 radical (unpaired) electrons. The van der Waals surface area contributed by atoms with Crippen LogP contribution in [0.15, 0.2) is 18.2 Å². The van der Waals surface area contributed by atoms with Crippen LogP contribution in [0, 0.1) is 6.92 Å². The van der Waals surface area contributed by atoms with E-state index in [4.69, 9.17) is 0 Å². The SMILES string of the molecule is Cc1cc(NS(=O)(=O)C(C)C)ccc1C(C)C. The second kappa shape index (κ2) is 5.08. The van der Waals surface area contributed by atoms with Crippen LogP contribution in [0.3, 0.4) is 0 Å². The maximum absolute atomic E-state index is 11.7. The lowest BCUT2D eigenvalue weighted by atomic mass is 9.98. The summed E-state index contributed by atoms with van der Waals surface area (Å²) in [7, 11) is -3.25. The van der Waals surface area contributed by atoms with E-state index < -0.39 is 15.3 Å². The quantitative estimate of drug-likeness (QED) is 0.897. The van der Waals surface area contributed by atoms with E-state index in [1.54, 1.807) is 13.8 Å². The molecule has 0 atom stereocenters. The highest BCUT2D eigenvalue weighted by atomic mass is 32.2. The minimum absolute atomic E-state index is 0.424. The second-order valence-corrected chi connectivity index (χ2v) is 7.16. The highest BCUT2D eigenvalue weighted by Crippen LogP contribution is 2.23. The molecule has 1 rings (SSSR count). The molecule has 3 nitrogen and oxygen atoms in total. The molecule has 0 aliphatic rings. The maximum atomic E-state index is 11.7. The molecule has 0 unspecified atom stereocenters. The van der Waals surface area contributed by atoms with Gasteiger partial charge in [-0.05, 0) is 49.9 Å². The van der Waals surface area contributed by atoms with Gasteiger partial charge in [0.15, 0.2) is 0 Å². The van der Waals surface area contributed by atoms with Crippen molar-refractivity contribution in [1.29, 1.82) is 0 Å². The Morgan fingerprint density at radius 2 is 1.71 bits per heavy atom. The first-order valence-electron chi connectivity index (χ1n) is 5.86. The van der Waals surface area contributed by atoms with Crippen molar-refractivity contribution in [2.75, 3.05) is 4.72 Å². The standard InChI is InChI=1S/C13H21NO2S/c1-9(2)13-7-6-12(8-11(13)5)14-17(15,16)10(3)4/h6-10,14H,1-5H3. The minimum atomic E-state index is -3.25. The molecule has 0 heterocycles. The fourth-order valence-corrected chi connectivity index (χ4v) is 2.36. The predicted octanol–water partition coefficient (Wildman–Crippen LogP) is 3.27. The number of hydrogen-bond donors (Lipinski definition) is 1. The summed E-state index contributed by atoms with van der Waals surface area (Å²) >= 11 is 0. The monoisotopic (exact) mass is 255 g/mol. The summed E-state index contributed by atoms with van der Waals surface area (Å²) in [5.74, 6) is 0.450. The van der Waals surface area contributed by atoms with Crippen LogP contribution in [0.25, 0.3) is 0 Å². The average molecular weight is 255 g/mol. The van der Waals surface area contributed by atoms with Crippen molar-refractivity contribution in [3.8, 4) is 0 Å². The van der Waals surface area contributed by atoms with Crippen molar-refractivity contribution in [1.82, 2.24) is 0 Å². The fourth-order valence-electron chi connectivity index (χ4n) is 1.67. The molecule has 1 aromatic carbocycles. The van der Waals surface area contributed by atoms with E-state index >= 15 is 0 Å². The van der Waals surface area contributed by atoms with Crippen LogP contribution >= 0.6 is 0 Å². The van der Waals surface area contributed by atoms with Crippen molar-refractivity contribution in [3.63, 3.8) is 0 Å².